The fourth-order valence-corrected chi connectivity index (χ4v) is 7.07. The lowest BCUT2D eigenvalue weighted by Crippen LogP contribution is -2.71. The van der Waals surface area contributed by atoms with Crippen LogP contribution >= 0.6 is 0 Å². The van der Waals surface area contributed by atoms with Crippen LogP contribution in [-0.2, 0) is 16.1 Å². The molecule has 1 aromatic heterocycles. The molecule has 2 aromatic carbocycles. The van der Waals surface area contributed by atoms with E-state index in [2.05, 4.69) is 78.2 Å². The Bertz CT molecular complexity index is 1320. The van der Waals surface area contributed by atoms with Gasteiger partial charge in [0.15, 0.2) is 5.78 Å². The Kier molecular flexibility index (Phi) is 8.88. The maximum Gasteiger partial charge on any atom is 0.155 e. The summed E-state index contributed by atoms with van der Waals surface area (Å²) in [5.41, 5.74) is 8.71. The van der Waals surface area contributed by atoms with Crippen LogP contribution < -0.4 is 11.1 Å². The van der Waals surface area contributed by atoms with Crippen molar-refractivity contribution in [2.24, 2.45) is 11.1 Å². The smallest absolute Gasteiger partial charge is 0.155 e. The Labute approximate surface area is 244 Å². The largest absolute Gasteiger partial charge is 0.330 e. The average molecular weight is 556 g/mol. The van der Waals surface area contributed by atoms with Crippen molar-refractivity contribution in [3.63, 3.8) is 0 Å². The highest BCUT2D eigenvalue weighted by molar-refractivity contribution is 5.93. The molecule has 3 aliphatic rings. The monoisotopic (exact) mass is 555 g/mol. The van der Waals surface area contributed by atoms with Crippen molar-refractivity contribution in [1.82, 2.24) is 19.8 Å². The number of nitrogens with one attached hydrogen (secondary N) is 1. The first-order valence-electron chi connectivity index (χ1n) is 15.1. The van der Waals surface area contributed by atoms with Gasteiger partial charge in [-0.3, -0.25) is 14.5 Å². The third-order valence-electron chi connectivity index (χ3n) is 8.90. The lowest BCUT2D eigenvalue weighted by atomic mass is 9.60. The van der Waals surface area contributed by atoms with E-state index in [1.54, 1.807) is 0 Å². The third kappa shape index (κ3) is 6.08. The summed E-state index contributed by atoms with van der Waals surface area (Å²) in [5, 5.41) is 3.16. The van der Waals surface area contributed by atoms with Gasteiger partial charge in [-0.05, 0) is 30.4 Å². The Balaban J connectivity index is 0.000000365. The summed E-state index contributed by atoms with van der Waals surface area (Å²) in [4.78, 5) is 31.8. The van der Waals surface area contributed by atoms with E-state index < -0.39 is 5.54 Å². The van der Waals surface area contributed by atoms with Gasteiger partial charge in [0.05, 0.1) is 11.2 Å². The van der Waals surface area contributed by atoms with Gasteiger partial charge in [0, 0.05) is 69.2 Å². The molecule has 218 valence electrons. The van der Waals surface area contributed by atoms with Gasteiger partial charge in [-0.2, -0.15) is 0 Å². The van der Waals surface area contributed by atoms with Gasteiger partial charge in [-0.25, -0.2) is 4.98 Å². The van der Waals surface area contributed by atoms with E-state index in [0.717, 1.165) is 68.9 Å². The number of Topliss-reactive ketones (excluding diaryl/α,β-unsaturated/α-hetero) is 2. The molecule has 6 rings (SSSR count). The number of rotatable bonds is 6. The van der Waals surface area contributed by atoms with Gasteiger partial charge in [-0.1, -0.05) is 81.4 Å². The van der Waals surface area contributed by atoms with Crippen molar-refractivity contribution in [3.8, 4) is 11.3 Å². The van der Waals surface area contributed by atoms with Gasteiger partial charge >= 0.3 is 0 Å². The van der Waals surface area contributed by atoms with Crippen molar-refractivity contribution in [2.45, 2.75) is 76.9 Å². The van der Waals surface area contributed by atoms with E-state index in [-0.39, 0.29) is 17.4 Å². The van der Waals surface area contributed by atoms with Crippen LogP contribution in [0.1, 0.15) is 70.2 Å². The Hall–Kier alpha value is -3.13. The molecular formula is C34H45N5O2. The van der Waals surface area contributed by atoms with Crippen LogP contribution in [0.15, 0.2) is 66.9 Å². The van der Waals surface area contributed by atoms with Gasteiger partial charge in [0.25, 0.3) is 0 Å². The van der Waals surface area contributed by atoms with Crippen molar-refractivity contribution in [1.29, 1.82) is 0 Å². The summed E-state index contributed by atoms with van der Waals surface area (Å²) in [6.07, 6.45) is 6.14. The van der Waals surface area contributed by atoms with Crippen LogP contribution in [0.3, 0.4) is 0 Å². The molecule has 1 unspecified atom stereocenters. The van der Waals surface area contributed by atoms with Crippen LogP contribution in [-0.4, -0.2) is 63.8 Å². The normalized spacial score (nSPS) is 23.7. The minimum atomic E-state index is -0.504. The van der Waals surface area contributed by atoms with E-state index in [1.165, 1.54) is 5.56 Å². The number of nitrogens with zero attached hydrogens (tertiary/aromatic N) is 3. The minimum Gasteiger partial charge on any atom is -0.330 e. The number of ketones is 2. The molecule has 0 spiro atoms. The van der Waals surface area contributed by atoms with Gasteiger partial charge in [0.1, 0.15) is 11.6 Å². The first kappa shape index (κ1) is 29.4. The summed E-state index contributed by atoms with van der Waals surface area (Å²) >= 11 is 0. The highest BCUT2D eigenvalue weighted by Crippen LogP contribution is 2.56. The molecule has 4 heterocycles. The molecule has 0 aliphatic carbocycles. The predicted octanol–water partition coefficient (Wildman–Crippen LogP) is 4.80. The molecule has 3 atom stereocenters. The van der Waals surface area contributed by atoms with Crippen molar-refractivity contribution >= 4 is 11.6 Å². The molecular weight excluding hydrogens is 510 g/mol. The number of nitrogens with two attached hydrogens (primary N) is 1. The van der Waals surface area contributed by atoms with Gasteiger partial charge in [0.2, 0.25) is 0 Å². The summed E-state index contributed by atoms with van der Waals surface area (Å²) in [7, 11) is 0. The van der Waals surface area contributed by atoms with Gasteiger partial charge in [-0.15, -0.1) is 0 Å². The number of hydrogen-bond donors (Lipinski definition) is 2. The fraction of sp³-hybridized carbons (Fsp3) is 0.500. The second-order valence-electron chi connectivity index (χ2n) is 12.8. The molecule has 3 saturated heterocycles. The van der Waals surface area contributed by atoms with Crippen LogP contribution in [0.5, 0.6) is 0 Å². The summed E-state index contributed by atoms with van der Waals surface area (Å²) in [6, 6.07) is 21.1. The SMILES string of the molecule is CC(C)(C)[C@@H](c1nc(-c2ccccc2)cn1Cc1ccccc1)C12C[C@H](CN)N1CCC2=O.O=C1CCCNCC1. The number of imidazole rings is 1. The standard InChI is InChI=1S/C28H34N4O.C6H11NO/c1-27(2,3)25(28-16-22(17-29)32(28)15-14-24(28)33)26-30-23(21-12-8-5-9-13-21)19-31(26)18-20-10-6-4-7-11-20;8-6-2-1-4-7-5-3-6/h4-13,19,22,25H,14-18,29H2,1-3H3;7H,1-5H2/t22-,25-,28?;/m1./s1. The molecule has 3 aliphatic heterocycles. The number of carbonyl (C=O) groups is 2. The Morgan fingerprint density at radius 2 is 1.71 bits per heavy atom. The molecule has 7 nitrogen and oxygen atoms in total. The molecule has 41 heavy (non-hydrogen) atoms. The summed E-state index contributed by atoms with van der Waals surface area (Å²) in [5.74, 6) is 1.74. The molecule has 0 amide bonds. The second-order valence-corrected chi connectivity index (χ2v) is 12.8. The predicted molar refractivity (Wildman–Crippen MR) is 164 cm³/mol. The van der Waals surface area contributed by atoms with Crippen LogP contribution in [0.2, 0.25) is 0 Å². The first-order chi connectivity index (χ1) is 19.7. The quantitative estimate of drug-likeness (QED) is 0.454. The lowest BCUT2D eigenvalue weighted by molar-refractivity contribution is -0.143. The highest BCUT2D eigenvalue weighted by Gasteiger charge is 2.66. The summed E-state index contributed by atoms with van der Waals surface area (Å²) in [6.45, 7) is 10.8. The number of fused-ring (bicyclic) bond motifs is 1. The lowest BCUT2D eigenvalue weighted by Gasteiger charge is -2.59. The average Bonchev–Trinajstić information content (AvgIpc) is 3.33. The Morgan fingerprint density at radius 3 is 2.39 bits per heavy atom. The zero-order chi connectivity index (χ0) is 29.0. The molecule has 0 saturated carbocycles. The molecule has 0 bridgehead atoms. The molecule has 0 radical (unpaired) electrons. The van der Waals surface area contributed by atoms with E-state index in [1.807, 2.05) is 24.3 Å². The minimum absolute atomic E-state index is 0.0241. The maximum atomic E-state index is 13.5. The maximum absolute atomic E-state index is 13.5. The molecule has 3 N–H and O–H groups in total. The van der Waals surface area contributed by atoms with E-state index in [9.17, 15) is 9.59 Å². The van der Waals surface area contributed by atoms with E-state index in [4.69, 9.17) is 10.7 Å². The summed E-state index contributed by atoms with van der Waals surface area (Å²) < 4.78 is 2.28. The van der Waals surface area contributed by atoms with Crippen LogP contribution in [0, 0.1) is 5.41 Å². The van der Waals surface area contributed by atoms with Crippen molar-refractivity contribution < 1.29 is 9.59 Å². The van der Waals surface area contributed by atoms with Gasteiger partial charge < -0.3 is 15.6 Å². The Morgan fingerprint density at radius 1 is 1.00 bits per heavy atom. The molecule has 3 fully saturated rings. The molecule has 3 aromatic rings. The van der Waals surface area contributed by atoms with Crippen molar-refractivity contribution in [2.75, 3.05) is 26.2 Å². The number of benzene rings is 2. The van der Waals surface area contributed by atoms with E-state index in [0.29, 0.717) is 24.5 Å². The van der Waals surface area contributed by atoms with Crippen LogP contribution in [0.4, 0.5) is 0 Å². The zero-order valence-electron chi connectivity index (χ0n) is 24.8. The number of carbonyl (C=O) groups excluding carboxylic acids is 2. The topological polar surface area (TPSA) is 93.2 Å². The van der Waals surface area contributed by atoms with Crippen molar-refractivity contribution in [3.05, 3.63) is 78.2 Å². The third-order valence-corrected chi connectivity index (χ3v) is 8.90. The van der Waals surface area contributed by atoms with E-state index >= 15 is 0 Å². The second kappa shape index (κ2) is 12.4. The number of aromatic nitrogens is 2. The van der Waals surface area contributed by atoms with Crippen LogP contribution in [0.25, 0.3) is 11.3 Å². The fourth-order valence-electron chi connectivity index (χ4n) is 7.07. The first-order valence-corrected chi connectivity index (χ1v) is 15.1. The molecule has 7 heteroatoms. The highest BCUT2D eigenvalue weighted by atomic mass is 16.1. The number of hydrogen-bond acceptors (Lipinski definition) is 6. The zero-order valence-corrected chi connectivity index (χ0v) is 24.8.